The Morgan fingerprint density at radius 1 is 1.33 bits per heavy atom. The van der Waals surface area contributed by atoms with Gasteiger partial charge in [-0.1, -0.05) is 26.0 Å². The Balaban J connectivity index is 0.00000261. The van der Waals surface area contributed by atoms with E-state index in [9.17, 15) is 9.59 Å². The van der Waals surface area contributed by atoms with E-state index in [1.165, 1.54) is 0 Å². The molecule has 1 aromatic carbocycles. The van der Waals surface area contributed by atoms with Crippen molar-refractivity contribution in [1.82, 2.24) is 4.90 Å². The Morgan fingerprint density at radius 3 is 2.52 bits per heavy atom. The van der Waals surface area contributed by atoms with Gasteiger partial charge >= 0.3 is 0 Å². The number of hydrogen-bond donors (Lipinski definition) is 2. The van der Waals surface area contributed by atoms with E-state index in [0.29, 0.717) is 31.7 Å². The molecule has 1 aliphatic carbocycles. The number of nitrogens with one attached hydrogen (secondary N) is 1. The van der Waals surface area contributed by atoms with Crippen LogP contribution in [0.5, 0.6) is 0 Å². The van der Waals surface area contributed by atoms with Gasteiger partial charge in [-0.2, -0.15) is 0 Å². The van der Waals surface area contributed by atoms with Gasteiger partial charge in [-0.3, -0.25) is 9.59 Å². The van der Waals surface area contributed by atoms with Gasteiger partial charge in [0.05, 0.1) is 6.10 Å². The van der Waals surface area contributed by atoms with E-state index in [1.54, 1.807) is 0 Å². The Kier molecular flexibility index (Phi) is 6.55. The van der Waals surface area contributed by atoms with Crippen molar-refractivity contribution >= 4 is 29.9 Å². The van der Waals surface area contributed by atoms with Crippen molar-refractivity contribution in [3.8, 4) is 0 Å². The predicted octanol–water partition coefficient (Wildman–Crippen LogP) is 2.70. The summed E-state index contributed by atoms with van der Waals surface area (Å²) >= 11 is 0. The second kappa shape index (κ2) is 8.17. The first-order chi connectivity index (χ1) is 12.3. The van der Waals surface area contributed by atoms with Gasteiger partial charge in [0, 0.05) is 43.6 Å². The van der Waals surface area contributed by atoms with E-state index in [1.807, 2.05) is 49.9 Å². The first-order valence-electron chi connectivity index (χ1n) is 9.36. The van der Waals surface area contributed by atoms with E-state index >= 15 is 0 Å². The lowest BCUT2D eigenvalue weighted by Gasteiger charge is -2.57. The van der Waals surface area contributed by atoms with Gasteiger partial charge in [0.25, 0.3) is 0 Å². The fraction of sp³-hybridized carbons (Fsp3) is 0.600. The lowest BCUT2D eigenvalue weighted by atomic mass is 9.54. The maximum absolute atomic E-state index is 12.7. The predicted molar refractivity (Wildman–Crippen MR) is 108 cm³/mol. The van der Waals surface area contributed by atoms with Crippen LogP contribution < -0.4 is 11.1 Å². The van der Waals surface area contributed by atoms with Crippen molar-refractivity contribution in [2.75, 3.05) is 18.5 Å². The van der Waals surface area contributed by atoms with Gasteiger partial charge in [0.15, 0.2) is 0 Å². The van der Waals surface area contributed by atoms with Crippen molar-refractivity contribution in [3.63, 3.8) is 0 Å². The molecule has 0 aromatic heterocycles. The zero-order valence-corrected chi connectivity index (χ0v) is 17.1. The molecule has 3 rings (SSSR count). The number of rotatable bonds is 6. The molecule has 1 aromatic rings. The smallest absolute Gasteiger partial charge is 0.245 e. The number of benzene rings is 1. The summed E-state index contributed by atoms with van der Waals surface area (Å²) in [6, 6.07) is 7.62. The minimum absolute atomic E-state index is 0. The Labute approximate surface area is 167 Å². The number of hydrogen-bond acceptors (Lipinski definition) is 4. The number of likely N-dealkylation sites (tertiary alicyclic amines) is 1. The molecule has 1 heterocycles. The molecule has 0 spiro atoms. The number of anilines is 1. The van der Waals surface area contributed by atoms with Crippen LogP contribution >= 0.6 is 12.4 Å². The van der Waals surface area contributed by atoms with Crippen LogP contribution in [0.4, 0.5) is 5.69 Å². The van der Waals surface area contributed by atoms with E-state index < -0.39 is 11.0 Å². The SMILES string of the molecule is CCOC1CC(N)(C(=O)Nc2ccc(CN3CCCC3=O)cc2)C1(C)C.Cl. The molecule has 27 heavy (non-hydrogen) atoms. The monoisotopic (exact) mass is 395 g/mol. The quantitative estimate of drug-likeness (QED) is 0.775. The summed E-state index contributed by atoms with van der Waals surface area (Å²) in [5.41, 5.74) is 6.83. The molecule has 2 unspecified atom stereocenters. The van der Waals surface area contributed by atoms with Crippen LogP contribution in [0.25, 0.3) is 0 Å². The molecule has 7 heteroatoms. The highest BCUT2D eigenvalue weighted by molar-refractivity contribution is 5.99. The molecule has 1 aliphatic heterocycles. The van der Waals surface area contributed by atoms with Gasteiger partial charge in [0.1, 0.15) is 5.54 Å². The van der Waals surface area contributed by atoms with Crippen molar-refractivity contribution in [3.05, 3.63) is 29.8 Å². The number of nitrogens with two attached hydrogens (primary N) is 1. The van der Waals surface area contributed by atoms with Crippen LogP contribution in [0, 0.1) is 5.41 Å². The summed E-state index contributed by atoms with van der Waals surface area (Å²) in [6.07, 6.45) is 2.10. The highest BCUT2D eigenvalue weighted by atomic mass is 35.5. The van der Waals surface area contributed by atoms with Gasteiger partial charge < -0.3 is 20.7 Å². The molecule has 2 fully saturated rings. The molecule has 3 N–H and O–H groups in total. The lowest BCUT2D eigenvalue weighted by molar-refractivity contribution is -0.166. The summed E-state index contributed by atoms with van der Waals surface area (Å²) in [5, 5.41) is 2.93. The second-order valence-electron chi connectivity index (χ2n) is 7.91. The maximum atomic E-state index is 12.7. The van der Waals surface area contributed by atoms with Crippen molar-refractivity contribution in [2.45, 2.75) is 58.2 Å². The van der Waals surface area contributed by atoms with Crippen LogP contribution in [-0.4, -0.2) is 41.5 Å². The van der Waals surface area contributed by atoms with Crippen molar-refractivity contribution in [2.24, 2.45) is 11.1 Å². The van der Waals surface area contributed by atoms with E-state index in [0.717, 1.165) is 18.5 Å². The van der Waals surface area contributed by atoms with Gasteiger partial charge in [-0.25, -0.2) is 0 Å². The van der Waals surface area contributed by atoms with Crippen LogP contribution in [0.2, 0.25) is 0 Å². The van der Waals surface area contributed by atoms with Crippen molar-refractivity contribution < 1.29 is 14.3 Å². The molecular weight excluding hydrogens is 366 g/mol. The van der Waals surface area contributed by atoms with Crippen molar-refractivity contribution in [1.29, 1.82) is 0 Å². The largest absolute Gasteiger partial charge is 0.378 e. The minimum atomic E-state index is -0.937. The number of carbonyl (C=O) groups is 2. The van der Waals surface area contributed by atoms with Crippen LogP contribution in [0.15, 0.2) is 24.3 Å². The summed E-state index contributed by atoms with van der Waals surface area (Å²) in [5.74, 6) is 0.0319. The zero-order chi connectivity index (χ0) is 18.9. The molecule has 1 saturated carbocycles. The Bertz CT molecular complexity index is 692. The topological polar surface area (TPSA) is 84.7 Å². The molecule has 2 atom stereocenters. The fourth-order valence-electron chi connectivity index (χ4n) is 3.85. The number of amides is 2. The second-order valence-corrected chi connectivity index (χ2v) is 7.91. The lowest BCUT2D eigenvalue weighted by Crippen LogP contribution is -2.74. The maximum Gasteiger partial charge on any atom is 0.245 e. The highest BCUT2D eigenvalue weighted by Gasteiger charge is 2.62. The third-order valence-electron chi connectivity index (χ3n) is 5.99. The minimum Gasteiger partial charge on any atom is -0.378 e. The number of halogens is 1. The number of ether oxygens (including phenoxy) is 1. The number of carbonyl (C=O) groups excluding carboxylic acids is 2. The normalized spacial score (nSPS) is 26.3. The molecule has 150 valence electrons. The van der Waals surface area contributed by atoms with Crippen LogP contribution in [0.3, 0.4) is 0 Å². The Morgan fingerprint density at radius 2 is 2.00 bits per heavy atom. The first kappa shape index (κ1) is 21.7. The van der Waals surface area contributed by atoms with E-state index in [2.05, 4.69) is 5.32 Å². The highest BCUT2D eigenvalue weighted by Crippen LogP contribution is 2.50. The molecule has 1 saturated heterocycles. The van der Waals surface area contributed by atoms with Crippen LogP contribution in [-0.2, 0) is 20.9 Å². The summed E-state index contributed by atoms with van der Waals surface area (Å²) in [4.78, 5) is 26.3. The van der Waals surface area contributed by atoms with E-state index in [4.69, 9.17) is 10.5 Å². The fourth-order valence-corrected chi connectivity index (χ4v) is 3.85. The standard InChI is InChI=1S/C20H29N3O3.ClH/c1-4-26-16-12-20(21,19(16,2)3)18(25)22-15-9-7-14(8-10-15)13-23-11-5-6-17(23)24;/h7-10,16H,4-6,11-13,21H2,1-3H3,(H,22,25);1H. The number of nitrogens with zero attached hydrogens (tertiary/aromatic N) is 1. The van der Waals surface area contributed by atoms with Gasteiger partial charge in [-0.05, 0) is 31.0 Å². The molecule has 6 nitrogen and oxygen atoms in total. The zero-order valence-electron chi connectivity index (χ0n) is 16.3. The van der Waals surface area contributed by atoms with Crippen LogP contribution in [0.1, 0.15) is 45.6 Å². The summed E-state index contributed by atoms with van der Waals surface area (Å²) < 4.78 is 5.68. The van der Waals surface area contributed by atoms with Gasteiger partial charge in [-0.15, -0.1) is 12.4 Å². The average Bonchev–Trinajstić information content (AvgIpc) is 3.01. The molecule has 2 amide bonds. The summed E-state index contributed by atoms with van der Waals surface area (Å²) in [6.45, 7) is 7.97. The average molecular weight is 396 g/mol. The molecule has 0 radical (unpaired) electrons. The Hall–Kier alpha value is -1.63. The molecule has 2 aliphatic rings. The third kappa shape index (κ3) is 3.98. The molecule has 0 bridgehead atoms. The third-order valence-corrected chi connectivity index (χ3v) is 5.99. The summed E-state index contributed by atoms with van der Waals surface area (Å²) in [7, 11) is 0. The van der Waals surface area contributed by atoms with E-state index in [-0.39, 0.29) is 30.3 Å². The molecular formula is C20H30ClN3O3. The van der Waals surface area contributed by atoms with Gasteiger partial charge in [0.2, 0.25) is 11.8 Å². The first-order valence-corrected chi connectivity index (χ1v) is 9.36.